The predicted octanol–water partition coefficient (Wildman–Crippen LogP) is 5.04. The molecular formula is C24H20FN3O3S2. The number of hydrogen-bond donors (Lipinski definition) is 2. The first kappa shape index (κ1) is 22.8. The van der Waals surface area contributed by atoms with Gasteiger partial charge in [0.2, 0.25) is 15.8 Å². The number of aryl methyl sites for hydroxylation is 1. The first-order valence-electron chi connectivity index (χ1n) is 9.99. The summed E-state index contributed by atoms with van der Waals surface area (Å²) in [7, 11) is -3.82. The second-order valence-electron chi connectivity index (χ2n) is 7.28. The van der Waals surface area contributed by atoms with Crippen LogP contribution in [0.1, 0.15) is 26.4 Å². The minimum Gasteiger partial charge on any atom is -0.332 e. The van der Waals surface area contributed by atoms with Gasteiger partial charge in [0, 0.05) is 17.8 Å². The average Bonchev–Trinajstić information content (AvgIpc) is 3.27. The summed E-state index contributed by atoms with van der Waals surface area (Å²) in [4.78, 5) is 17.4. The van der Waals surface area contributed by atoms with E-state index in [1.165, 1.54) is 29.5 Å². The molecule has 168 valence electrons. The third-order valence-corrected chi connectivity index (χ3v) is 7.21. The van der Waals surface area contributed by atoms with E-state index < -0.39 is 15.8 Å². The van der Waals surface area contributed by atoms with Gasteiger partial charge in [-0.2, -0.15) is 0 Å². The van der Waals surface area contributed by atoms with Crippen molar-refractivity contribution in [3.8, 4) is 0 Å². The molecule has 0 amide bonds. The number of aromatic nitrogens is 1. The maximum absolute atomic E-state index is 13.3. The number of halogens is 1. The molecule has 4 rings (SSSR count). The second kappa shape index (κ2) is 9.62. The van der Waals surface area contributed by atoms with Crippen LogP contribution in [0.2, 0.25) is 0 Å². The molecular weight excluding hydrogens is 461 g/mol. The van der Waals surface area contributed by atoms with E-state index in [9.17, 15) is 17.6 Å². The Bertz CT molecular complexity index is 1400. The Kier molecular flexibility index (Phi) is 6.64. The number of thiazole rings is 1. The zero-order valence-corrected chi connectivity index (χ0v) is 19.2. The van der Waals surface area contributed by atoms with E-state index in [1.54, 1.807) is 36.5 Å². The number of sulfonamides is 1. The SMILES string of the molecule is Cc1ccccc1C(=O)c1cnc(Nc2ccc(CNS(=O)(=O)c3cccc(F)c3)cc2)s1. The number of ketones is 1. The fourth-order valence-electron chi connectivity index (χ4n) is 3.12. The van der Waals surface area contributed by atoms with Gasteiger partial charge in [0.05, 0.1) is 16.0 Å². The van der Waals surface area contributed by atoms with Crippen molar-refractivity contribution in [1.82, 2.24) is 9.71 Å². The summed E-state index contributed by atoms with van der Waals surface area (Å²) < 4.78 is 40.4. The monoisotopic (exact) mass is 481 g/mol. The molecule has 1 aromatic heterocycles. The molecule has 0 spiro atoms. The van der Waals surface area contributed by atoms with Crippen LogP contribution in [0, 0.1) is 12.7 Å². The van der Waals surface area contributed by atoms with Crippen molar-refractivity contribution in [3.63, 3.8) is 0 Å². The van der Waals surface area contributed by atoms with Crippen LogP contribution in [0.4, 0.5) is 15.2 Å². The summed E-state index contributed by atoms with van der Waals surface area (Å²) in [6.07, 6.45) is 1.55. The van der Waals surface area contributed by atoms with E-state index >= 15 is 0 Å². The summed E-state index contributed by atoms with van der Waals surface area (Å²) in [5.74, 6) is -0.682. The van der Waals surface area contributed by atoms with E-state index in [-0.39, 0.29) is 17.2 Å². The largest absolute Gasteiger partial charge is 0.332 e. The standard InChI is InChI=1S/C24H20FN3O3S2/c1-16-5-2-3-8-21(16)23(29)22-15-26-24(32-22)28-19-11-9-17(10-12-19)14-27-33(30,31)20-7-4-6-18(25)13-20/h2-13,15,27H,14H2,1H3,(H,26,28). The van der Waals surface area contributed by atoms with E-state index in [2.05, 4.69) is 15.0 Å². The van der Waals surface area contributed by atoms with Crippen molar-refractivity contribution in [3.05, 3.63) is 106 Å². The Morgan fingerprint density at radius 3 is 2.52 bits per heavy atom. The predicted molar refractivity (Wildman–Crippen MR) is 127 cm³/mol. The molecule has 0 unspecified atom stereocenters. The van der Waals surface area contributed by atoms with Gasteiger partial charge in [-0.3, -0.25) is 4.79 Å². The van der Waals surface area contributed by atoms with Crippen molar-refractivity contribution in [1.29, 1.82) is 0 Å². The second-order valence-corrected chi connectivity index (χ2v) is 10.1. The number of carbonyl (C=O) groups is 1. The highest BCUT2D eigenvalue weighted by atomic mass is 32.2. The van der Waals surface area contributed by atoms with Gasteiger partial charge in [0.25, 0.3) is 0 Å². The highest BCUT2D eigenvalue weighted by Crippen LogP contribution is 2.25. The van der Waals surface area contributed by atoms with Crippen molar-refractivity contribution in [2.45, 2.75) is 18.4 Å². The van der Waals surface area contributed by atoms with Crippen LogP contribution in [0.3, 0.4) is 0 Å². The van der Waals surface area contributed by atoms with Crippen LogP contribution in [-0.2, 0) is 16.6 Å². The Balaban J connectivity index is 1.38. The molecule has 0 saturated heterocycles. The van der Waals surface area contributed by atoms with Crippen LogP contribution in [-0.4, -0.2) is 19.2 Å². The van der Waals surface area contributed by atoms with Gasteiger partial charge in [-0.25, -0.2) is 22.5 Å². The molecule has 0 saturated carbocycles. The molecule has 2 N–H and O–H groups in total. The van der Waals surface area contributed by atoms with Crippen LogP contribution >= 0.6 is 11.3 Å². The number of benzene rings is 3. The third kappa shape index (κ3) is 5.51. The molecule has 0 fully saturated rings. The quantitative estimate of drug-likeness (QED) is 0.344. The van der Waals surface area contributed by atoms with Gasteiger partial charge in [0.15, 0.2) is 5.13 Å². The molecule has 0 aliphatic heterocycles. The lowest BCUT2D eigenvalue weighted by atomic mass is 10.0. The number of carbonyl (C=O) groups excluding carboxylic acids is 1. The number of anilines is 2. The van der Waals surface area contributed by atoms with Crippen molar-refractivity contribution >= 4 is 38.0 Å². The first-order chi connectivity index (χ1) is 15.8. The summed E-state index contributed by atoms with van der Waals surface area (Å²) in [6, 6.07) is 19.4. The summed E-state index contributed by atoms with van der Waals surface area (Å²) in [5, 5.41) is 3.73. The minimum atomic E-state index is -3.82. The molecule has 0 atom stereocenters. The van der Waals surface area contributed by atoms with Crippen LogP contribution in [0.15, 0.2) is 83.9 Å². The lowest BCUT2D eigenvalue weighted by Gasteiger charge is -2.08. The highest BCUT2D eigenvalue weighted by molar-refractivity contribution is 7.89. The first-order valence-corrected chi connectivity index (χ1v) is 12.3. The van der Waals surface area contributed by atoms with Gasteiger partial charge in [-0.1, -0.05) is 53.8 Å². The Hall–Kier alpha value is -3.40. The molecule has 9 heteroatoms. The minimum absolute atomic E-state index is 0.0610. The third-order valence-electron chi connectivity index (χ3n) is 4.90. The lowest BCUT2D eigenvalue weighted by Crippen LogP contribution is -2.23. The van der Waals surface area contributed by atoms with Gasteiger partial charge in [-0.15, -0.1) is 0 Å². The van der Waals surface area contributed by atoms with Crippen LogP contribution in [0.25, 0.3) is 0 Å². The fraction of sp³-hybridized carbons (Fsp3) is 0.0833. The molecule has 33 heavy (non-hydrogen) atoms. The molecule has 3 aromatic carbocycles. The molecule has 0 bridgehead atoms. The average molecular weight is 482 g/mol. The van der Waals surface area contributed by atoms with Gasteiger partial charge < -0.3 is 5.32 Å². The summed E-state index contributed by atoms with van der Waals surface area (Å²) in [6.45, 7) is 1.96. The maximum atomic E-state index is 13.3. The Morgan fingerprint density at radius 1 is 1.03 bits per heavy atom. The zero-order chi connectivity index (χ0) is 23.4. The van der Waals surface area contributed by atoms with Gasteiger partial charge in [0.1, 0.15) is 5.82 Å². The fourth-order valence-corrected chi connectivity index (χ4v) is 4.96. The maximum Gasteiger partial charge on any atom is 0.240 e. The molecule has 6 nitrogen and oxygen atoms in total. The van der Waals surface area contributed by atoms with E-state index in [0.29, 0.717) is 15.6 Å². The topological polar surface area (TPSA) is 88.2 Å². The van der Waals surface area contributed by atoms with Gasteiger partial charge in [-0.05, 0) is 48.4 Å². The lowest BCUT2D eigenvalue weighted by molar-refractivity contribution is 0.104. The summed E-state index contributed by atoms with van der Waals surface area (Å²) in [5.41, 5.74) is 3.04. The van der Waals surface area contributed by atoms with Crippen molar-refractivity contribution in [2.75, 3.05) is 5.32 Å². The smallest absolute Gasteiger partial charge is 0.240 e. The molecule has 0 aliphatic carbocycles. The number of nitrogens with zero attached hydrogens (tertiary/aromatic N) is 1. The number of nitrogens with one attached hydrogen (secondary N) is 2. The molecule has 0 radical (unpaired) electrons. The van der Waals surface area contributed by atoms with Crippen molar-refractivity contribution in [2.24, 2.45) is 0 Å². The van der Waals surface area contributed by atoms with Gasteiger partial charge >= 0.3 is 0 Å². The summed E-state index contributed by atoms with van der Waals surface area (Å²) >= 11 is 1.26. The normalized spacial score (nSPS) is 11.3. The van der Waals surface area contributed by atoms with E-state index in [1.807, 2.05) is 25.1 Å². The van der Waals surface area contributed by atoms with Crippen LogP contribution in [0.5, 0.6) is 0 Å². The molecule has 4 aromatic rings. The van der Waals surface area contributed by atoms with Crippen molar-refractivity contribution < 1.29 is 17.6 Å². The Morgan fingerprint density at radius 2 is 1.79 bits per heavy atom. The highest BCUT2D eigenvalue weighted by Gasteiger charge is 2.16. The number of rotatable bonds is 8. The zero-order valence-electron chi connectivity index (χ0n) is 17.6. The Labute approximate surface area is 195 Å². The van der Waals surface area contributed by atoms with E-state index in [0.717, 1.165) is 22.9 Å². The molecule has 1 heterocycles. The van der Waals surface area contributed by atoms with E-state index in [4.69, 9.17) is 0 Å². The van der Waals surface area contributed by atoms with Crippen LogP contribution < -0.4 is 10.0 Å². The number of hydrogen-bond acceptors (Lipinski definition) is 6. The molecule has 0 aliphatic rings.